The highest BCUT2D eigenvalue weighted by atomic mass is 16.6. The molecule has 2 atom stereocenters. The topological polar surface area (TPSA) is 148 Å². The molecule has 2 aromatic carbocycles. The fourth-order valence-electron chi connectivity index (χ4n) is 3.14. The van der Waals surface area contributed by atoms with Crippen LogP contribution in [0.5, 0.6) is 0 Å². The molecule has 0 aliphatic heterocycles. The first kappa shape index (κ1) is 27.3. The maximum Gasteiger partial charge on any atom is 0.420 e. The number of unbranched alkanes of at least 4 members (excludes halogenated alkanes) is 1. The molecule has 0 saturated heterocycles. The quantitative estimate of drug-likeness (QED) is 0.389. The summed E-state index contributed by atoms with van der Waals surface area (Å²) in [5, 5.41) is 11.5. The number of nitrogens with one attached hydrogen (secondary N) is 1. The van der Waals surface area contributed by atoms with Crippen LogP contribution in [-0.2, 0) is 32.3 Å². The first-order valence-corrected chi connectivity index (χ1v) is 11.3. The molecule has 3 amide bonds. The molecular formula is C25H31N3O7. The molecule has 10 heteroatoms. The van der Waals surface area contributed by atoms with Crippen LogP contribution in [0.4, 0.5) is 9.59 Å². The molecule has 0 radical (unpaired) electrons. The van der Waals surface area contributed by atoms with E-state index in [0.29, 0.717) is 35.4 Å². The minimum Gasteiger partial charge on any atom is -0.480 e. The fourth-order valence-corrected chi connectivity index (χ4v) is 3.14. The number of benzene rings is 2. The van der Waals surface area contributed by atoms with Gasteiger partial charge in [-0.25, -0.2) is 9.59 Å². The number of carbonyl (C=O) groups is 4. The van der Waals surface area contributed by atoms with E-state index in [4.69, 9.17) is 15.2 Å². The number of amides is 3. The predicted octanol–water partition coefficient (Wildman–Crippen LogP) is 3.05. The van der Waals surface area contributed by atoms with E-state index in [1.165, 1.54) is 6.92 Å². The van der Waals surface area contributed by atoms with Gasteiger partial charge in [0.05, 0.1) is 0 Å². The fraction of sp³-hybridized carbons (Fsp3) is 0.360. The van der Waals surface area contributed by atoms with Crippen molar-refractivity contribution >= 4 is 24.1 Å². The second-order valence-corrected chi connectivity index (χ2v) is 7.82. The van der Waals surface area contributed by atoms with Crippen LogP contribution in [0.25, 0.3) is 0 Å². The summed E-state index contributed by atoms with van der Waals surface area (Å²) in [4.78, 5) is 50.9. The van der Waals surface area contributed by atoms with Gasteiger partial charge in [0, 0.05) is 0 Å². The first-order valence-electron chi connectivity index (χ1n) is 11.3. The molecule has 0 heterocycles. The Morgan fingerprint density at radius 1 is 0.886 bits per heavy atom. The maximum absolute atomic E-state index is 13.0. The zero-order chi connectivity index (χ0) is 25.6. The van der Waals surface area contributed by atoms with Gasteiger partial charge in [-0.3, -0.25) is 9.59 Å². The third-order valence-electron chi connectivity index (χ3n) is 5.08. The van der Waals surface area contributed by atoms with Gasteiger partial charge in [-0.1, -0.05) is 60.7 Å². The molecule has 2 rings (SSSR count). The van der Waals surface area contributed by atoms with Crippen LogP contribution in [0.1, 0.15) is 37.3 Å². The van der Waals surface area contributed by atoms with Gasteiger partial charge in [0.2, 0.25) is 5.91 Å². The number of aliphatic carboxylic acids is 1. The summed E-state index contributed by atoms with van der Waals surface area (Å²) >= 11 is 0. The number of ether oxygens (including phenoxy) is 2. The lowest BCUT2D eigenvalue weighted by atomic mass is 10.1. The third-order valence-corrected chi connectivity index (χ3v) is 5.08. The standard InChI is InChI=1S/C25H31N3O7/c1-18(23(30)31)27-22(29)21(14-8-9-15-26)28(24(32)34-16-19-10-4-2-5-11-19)25(33)35-17-20-12-6-3-7-13-20/h2-7,10-13,18,21H,8-9,14-17,26H2,1H3,(H,27,29)(H,30,31)/t18-,21-/m0/s1. The normalized spacial score (nSPS) is 12.2. The minimum absolute atomic E-state index is 0.0518. The molecule has 10 nitrogen and oxygen atoms in total. The van der Waals surface area contributed by atoms with Gasteiger partial charge in [-0.15, -0.1) is 0 Å². The van der Waals surface area contributed by atoms with Crippen LogP contribution in [0, 0.1) is 0 Å². The molecule has 0 aliphatic rings. The van der Waals surface area contributed by atoms with Gasteiger partial charge in [-0.05, 0) is 43.9 Å². The summed E-state index contributed by atoms with van der Waals surface area (Å²) < 4.78 is 10.6. The van der Waals surface area contributed by atoms with Crippen molar-refractivity contribution in [3.63, 3.8) is 0 Å². The first-order chi connectivity index (χ1) is 16.8. The molecule has 0 spiro atoms. The molecule has 35 heavy (non-hydrogen) atoms. The predicted molar refractivity (Wildman–Crippen MR) is 127 cm³/mol. The average Bonchev–Trinajstić information content (AvgIpc) is 2.86. The van der Waals surface area contributed by atoms with E-state index in [2.05, 4.69) is 5.32 Å². The molecule has 0 fully saturated rings. The van der Waals surface area contributed by atoms with E-state index in [1.54, 1.807) is 60.7 Å². The van der Waals surface area contributed by atoms with Gasteiger partial charge < -0.3 is 25.6 Å². The number of carboxylic acid groups (broad SMARTS) is 1. The summed E-state index contributed by atoms with van der Waals surface area (Å²) in [6.45, 7) is 1.36. The summed E-state index contributed by atoms with van der Waals surface area (Å²) in [6.07, 6.45) is -1.17. The van der Waals surface area contributed by atoms with Gasteiger partial charge in [0.15, 0.2) is 0 Å². The highest BCUT2D eigenvalue weighted by molar-refractivity contribution is 5.96. The molecule has 0 unspecified atom stereocenters. The number of rotatable bonds is 12. The van der Waals surface area contributed by atoms with Crippen molar-refractivity contribution in [2.45, 2.75) is 51.5 Å². The van der Waals surface area contributed by atoms with Crippen LogP contribution in [0.3, 0.4) is 0 Å². The molecule has 2 aromatic rings. The van der Waals surface area contributed by atoms with E-state index in [0.717, 1.165) is 0 Å². The van der Waals surface area contributed by atoms with Gasteiger partial charge in [0.1, 0.15) is 25.3 Å². The Morgan fingerprint density at radius 2 is 1.37 bits per heavy atom. The second kappa shape index (κ2) is 14.4. The lowest BCUT2D eigenvalue weighted by Gasteiger charge is -2.28. The number of carbonyl (C=O) groups excluding carboxylic acids is 3. The Bertz CT molecular complexity index is 914. The van der Waals surface area contributed by atoms with Crippen molar-refractivity contribution < 1.29 is 33.8 Å². The lowest BCUT2D eigenvalue weighted by Crippen LogP contribution is -2.55. The zero-order valence-corrected chi connectivity index (χ0v) is 19.6. The SMILES string of the molecule is C[C@H](NC(=O)[C@H](CCCCN)N(C(=O)OCc1ccccc1)C(=O)OCc1ccccc1)C(=O)O. The summed E-state index contributed by atoms with van der Waals surface area (Å²) in [5.41, 5.74) is 6.92. The Balaban J connectivity index is 2.26. The average molecular weight is 486 g/mol. The molecule has 188 valence electrons. The molecule has 4 N–H and O–H groups in total. The lowest BCUT2D eigenvalue weighted by molar-refractivity contribution is -0.142. The molecular weight excluding hydrogens is 454 g/mol. The van der Waals surface area contributed by atoms with Crippen molar-refractivity contribution in [3.8, 4) is 0 Å². The van der Waals surface area contributed by atoms with Crippen molar-refractivity contribution in [3.05, 3.63) is 71.8 Å². The van der Waals surface area contributed by atoms with Gasteiger partial charge in [-0.2, -0.15) is 4.90 Å². The number of hydrogen-bond donors (Lipinski definition) is 3. The van der Waals surface area contributed by atoms with Crippen molar-refractivity contribution in [1.82, 2.24) is 10.2 Å². The van der Waals surface area contributed by atoms with E-state index >= 15 is 0 Å². The molecule has 0 aromatic heterocycles. The summed E-state index contributed by atoms with van der Waals surface area (Å²) in [5.74, 6) is -2.07. The number of nitrogens with two attached hydrogens (primary N) is 1. The van der Waals surface area contributed by atoms with Crippen LogP contribution in [0.15, 0.2) is 60.7 Å². The summed E-state index contributed by atoms with van der Waals surface area (Å²) in [7, 11) is 0. The molecule has 0 bridgehead atoms. The van der Waals surface area contributed by atoms with E-state index in [9.17, 15) is 24.3 Å². The maximum atomic E-state index is 13.0. The Labute approximate surface area is 204 Å². The zero-order valence-electron chi connectivity index (χ0n) is 19.6. The Hall–Kier alpha value is -3.92. The van der Waals surface area contributed by atoms with Crippen LogP contribution in [0.2, 0.25) is 0 Å². The van der Waals surface area contributed by atoms with Crippen LogP contribution < -0.4 is 11.1 Å². The minimum atomic E-state index is -1.35. The van der Waals surface area contributed by atoms with E-state index in [1.807, 2.05) is 0 Å². The Morgan fingerprint density at radius 3 is 1.80 bits per heavy atom. The van der Waals surface area contributed by atoms with Gasteiger partial charge >= 0.3 is 18.2 Å². The Kier molecular flexibility index (Phi) is 11.2. The number of nitrogens with zero attached hydrogens (tertiary/aromatic N) is 1. The van der Waals surface area contributed by atoms with E-state index < -0.39 is 36.1 Å². The smallest absolute Gasteiger partial charge is 0.420 e. The van der Waals surface area contributed by atoms with Crippen LogP contribution in [-0.4, -0.2) is 52.7 Å². The molecule has 0 saturated carbocycles. The highest BCUT2D eigenvalue weighted by Crippen LogP contribution is 2.16. The van der Waals surface area contributed by atoms with Crippen molar-refractivity contribution in [1.29, 1.82) is 0 Å². The van der Waals surface area contributed by atoms with Crippen molar-refractivity contribution in [2.24, 2.45) is 5.73 Å². The summed E-state index contributed by atoms with van der Waals surface area (Å²) in [6, 6.07) is 15.1. The highest BCUT2D eigenvalue weighted by Gasteiger charge is 2.38. The monoisotopic (exact) mass is 485 g/mol. The van der Waals surface area contributed by atoms with Crippen LogP contribution >= 0.6 is 0 Å². The largest absolute Gasteiger partial charge is 0.480 e. The molecule has 0 aliphatic carbocycles. The number of carboxylic acids is 1. The van der Waals surface area contributed by atoms with Gasteiger partial charge in [0.25, 0.3) is 0 Å². The van der Waals surface area contributed by atoms with Crippen molar-refractivity contribution in [2.75, 3.05) is 6.54 Å². The third kappa shape index (κ3) is 9.09. The van der Waals surface area contributed by atoms with E-state index in [-0.39, 0.29) is 19.6 Å². The second-order valence-electron chi connectivity index (χ2n) is 7.82. The number of imide groups is 1. The number of hydrogen-bond acceptors (Lipinski definition) is 7.